The highest BCUT2D eigenvalue weighted by molar-refractivity contribution is 6.62. The molecule has 5 nitrogen and oxygen atoms in total. The monoisotopic (exact) mass is 286 g/mol. The van der Waals surface area contributed by atoms with Gasteiger partial charge in [-0.05, 0) is 39.2 Å². The van der Waals surface area contributed by atoms with Gasteiger partial charge in [0.25, 0.3) is 0 Å². The summed E-state index contributed by atoms with van der Waals surface area (Å²) < 4.78 is 13.5. The van der Waals surface area contributed by atoms with Gasteiger partial charge in [-0.3, -0.25) is 4.79 Å². The van der Waals surface area contributed by atoms with Crippen LogP contribution in [0.1, 0.15) is 39.4 Å². The third kappa shape index (κ3) is 2.19. The summed E-state index contributed by atoms with van der Waals surface area (Å²) >= 11 is 0. The Morgan fingerprint density at radius 2 is 1.81 bits per heavy atom. The number of fused-ring (bicyclic) bond motifs is 1. The Morgan fingerprint density at radius 3 is 2.38 bits per heavy atom. The molecule has 6 heteroatoms. The second-order valence-electron chi connectivity index (χ2n) is 6.48. The highest BCUT2D eigenvalue weighted by Gasteiger charge is 2.51. The topological polar surface area (TPSA) is 53.4 Å². The van der Waals surface area contributed by atoms with Crippen LogP contribution in [0.2, 0.25) is 0 Å². The smallest absolute Gasteiger partial charge is 0.399 e. The Bertz CT molecular complexity index is 705. The van der Waals surface area contributed by atoms with Gasteiger partial charge in [0.2, 0.25) is 5.91 Å². The van der Waals surface area contributed by atoms with Crippen molar-refractivity contribution in [2.24, 2.45) is 0 Å². The Hall–Kier alpha value is -1.66. The zero-order chi connectivity index (χ0) is 15.4. The minimum atomic E-state index is -0.435. The summed E-state index contributed by atoms with van der Waals surface area (Å²) in [4.78, 5) is 11.6. The molecule has 0 radical (unpaired) electrons. The fraction of sp³-hybridized carbons (Fsp3) is 0.467. The standard InChI is InChI=1S/C15H19BN2O3/c1-10(19)18-13-8-12(7-6-11(13)9-17-18)16-20-14(2,3)15(4,5)21-16/h6-9H,1-5H3. The van der Waals surface area contributed by atoms with E-state index in [4.69, 9.17) is 9.31 Å². The third-order valence-corrected chi connectivity index (χ3v) is 4.42. The van der Waals surface area contributed by atoms with Crippen molar-refractivity contribution in [3.8, 4) is 0 Å². The van der Waals surface area contributed by atoms with Gasteiger partial charge in [-0.2, -0.15) is 5.10 Å². The minimum Gasteiger partial charge on any atom is -0.399 e. The molecule has 1 aliphatic rings. The molecular weight excluding hydrogens is 267 g/mol. The molecule has 0 unspecified atom stereocenters. The zero-order valence-electron chi connectivity index (χ0n) is 13.0. The van der Waals surface area contributed by atoms with Gasteiger partial charge in [0, 0.05) is 12.3 Å². The van der Waals surface area contributed by atoms with Crippen molar-refractivity contribution < 1.29 is 14.1 Å². The summed E-state index contributed by atoms with van der Waals surface area (Å²) in [5, 5.41) is 5.03. The van der Waals surface area contributed by atoms with Gasteiger partial charge >= 0.3 is 7.12 Å². The van der Waals surface area contributed by atoms with E-state index in [1.165, 1.54) is 11.6 Å². The van der Waals surface area contributed by atoms with E-state index in [0.29, 0.717) is 0 Å². The molecule has 110 valence electrons. The maximum Gasteiger partial charge on any atom is 0.494 e. The minimum absolute atomic E-state index is 0.115. The molecular formula is C15H19BN2O3. The predicted molar refractivity (Wildman–Crippen MR) is 81.7 cm³/mol. The number of aromatic nitrogens is 2. The molecule has 1 aromatic carbocycles. The summed E-state index contributed by atoms with van der Waals surface area (Å²) in [5.41, 5.74) is 0.903. The summed E-state index contributed by atoms with van der Waals surface area (Å²) in [6.07, 6.45) is 1.69. The average molecular weight is 286 g/mol. The van der Waals surface area contributed by atoms with Crippen molar-refractivity contribution >= 4 is 29.4 Å². The van der Waals surface area contributed by atoms with E-state index in [2.05, 4.69) is 5.10 Å². The maximum atomic E-state index is 11.6. The van der Waals surface area contributed by atoms with E-state index in [0.717, 1.165) is 16.4 Å². The highest BCUT2D eigenvalue weighted by atomic mass is 16.7. The lowest BCUT2D eigenvalue weighted by molar-refractivity contribution is 0.00578. The molecule has 3 rings (SSSR count). The summed E-state index contributed by atoms with van der Waals surface area (Å²) in [6.45, 7) is 9.57. The number of rotatable bonds is 1. The third-order valence-electron chi connectivity index (χ3n) is 4.42. The Morgan fingerprint density at radius 1 is 1.19 bits per heavy atom. The van der Waals surface area contributed by atoms with Crippen LogP contribution in [-0.2, 0) is 9.31 Å². The van der Waals surface area contributed by atoms with Crippen molar-refractivity contribution in [1.29, 1.82) is 0 Å². The molecule has 0 spiro atoms. The second kappa shape index (κ2) is 4.42. The SMILES string of the molecule is CC(=O)n1ncc2ccc(B3OC(C)(C)C(C)(C)O3)cc21. The summed E-state index contributed by atoms with van der Waals surface area (Å²) in [7, 11) is -0.435. The molecule has 0 bridgehead atoms. The molecule has 0 saturated carbocycles. The van der Waals surface area contributed by atoms with E-state index < -0.39 is 7.12 Å². The van der Waals surface area contributed by atoms with Crippen LogP contribution in [0.3, 0.4) is 0 Å². The van der Waals surface area contributed by atoms with E-state index in [1.807, 2.05) is 45.9 Å². The van der Waals surface area contributed by atoms with E-state index >= 15 is 0 Å². The van der Waals surface area contributed by atoms with Gasteiger partial charge in [0.15, 0.2) is 0 Å². The molecule has 0 N–H and O–H groups in total. The first-order chi connectivity index (χ1) is 9.71. The lowest BCUT2D eigenvalue weighted by atomic mass is 9.79. The Kier molecular flexibility index (Phi) is 3.01. The predicted octanol–water partition coefficient (Wildman–Crippen LogP) is 2.00. The number of carbonyl (C=O) groups excluding carboxylic acids is 1. The molecule has 2 heterocycles. The van der Waals surface area contributed by atoms with Gasteiger partial charge in [-0.15, -0.1) is 0 Å². The lowest BCUT2D eigenvalue weighted by Gasteiger charge is -2.32. The van der Waals surface area contributed by atoms with Crippen LogP contribution in [-0.4, -0.2) is 34.0 Å². The molecule has 1 fully saturated rings. The lowest BCUT2D eigenvalue weighted by Crippen LogP contribution is -2.41. The van der Waals surface area contributed by atoms with Crippen molar-refractivity contribution in [1.82, 2.24) is 9.78 Å². The number of hydrogen-bond donors (Lipinski definition) is 0. The number of hydrogen-bond acceptors (Lipinski definition) is 4. The first-order valence-corrected chi connectivity index (χ1v) is 7.05. The van der Waals surface area contributed by atoms with E-state index in [9.17, 15) is 4.79 Å². The fourth-order valence-electron chi connectivity index (χ4n) is 2.41. The molecule has 21 heavy (non-hydrogen) atoms. The number of benzene rings is 1. The van der Waals surface area contributed by atoms with Crippen LogP contribution in [0.15, 0.2) is 24.4 Å². The quantitative estimate of drug-likeness (QED) is 0.752. The van der Waals surface area contributed by atoms with Crippen molar-refractivity contribution in [2.75, 3.05) is 0 Å². The summed E-state index contributed by atoms with van der Waals surface area (Å²) in [6, 6.07) is 5.80. The van der Waals surface area contributed by atoms with Crippen LogP contribution in [0.5, 0.6) is 0 Å². The van der Waals surface area contributed by atoms with Gasteiger partial charge in [0.05, 0.1) is 22.9 Å². The van der Waals surface area contributed by atoms with E-state index in [-0.39, 0.29) is 17.1 Å². The van der Waals surface area contributed by atoms with Crippen molar-refractivity contribution in [3.63, 3.8) is 0 Å². The van der Waals surface area contributed by atoms with E-state index in [1.54, 1.807) is 6.20 Å². The molecule has 0 atom stereocenters. The number of nitrogens with zero attached hydrogens (tertiary/aromatic N) is 2. The van der Waals surface area contributed by atoms with Gasteiger partial charge < -0.3 is 9.31 Å². The molecule has 2 aromatic rings. The Balaban J connectivity index is 2.03. The van der Waals surface area contributed by atoms with Crippen LogP contribution in [0.25, 0.3) is 10.9 Å². The number of carbonyl (C=O) groups is 1. The molecule has 1 aromatic heterocycles. The first-order valence-electron chi connectivity index (χ1n) is 7.05. The van der Waals surface area contributed by atoms with Crippen molar-refractivity contribution in [3.05, 3.63) is 24.4 Å². The van der Waals surface area contributed by atoms with Crippen LogP contribution >= 0.6 is 0 Å². The average Bonchev–Trinajstić information content (AvgIpc) is 2.87. The van der Waals surface area contributed by atoms with Gasteiger partial charge in [-0.1, -0.05) is 12.1 Å². The van der Waals surface area contributed by atoms with Crippen molar-refractivity contribution in [2.45, 2.75) is 45.8 Å². The van der Waals surface area contributed by atoms with Crippen LogP contribution in [0, 0.1) is 0 Å². The first kappa shape index (κ1) is 14.3. The van der Waals surface area contributed by atoms with Crippen LogP contribution < -0.4 is 5.46 Å². The van der Waals surface area contributed by atoms with Gasteiger partial charge in [0.1, 0.15) is 0 Å². The largest absolute Gasteiger partial charge is 0.494 e. The molecule has 1 saturated heterocycles. The van der Waals surface area contributed by atoms with Gasteiger partial charge in [-0.25, -0.2) is 4.68 Å². The van der Waals surface area contributed by atoms with Crippen LogP contribution in [0.4, 0.5) is 0 Å². The zero-order valence-corrected chi connectivity index (χ0v) is 13.0. The highest BCUT2D eigenvalue weighted by Crippen LogP contribution is 2.36. The molecule has 0 aliphatic carbocycles. The molecule has 1 aliphatic heterocycles. The second-order valence-corrected chi connectivity index (χ2v) is 6.48. The normalized spacial score (nSPS) is 20.1. The summed E-state index contributed by atoms with van der Waals surface area (Å²) in [5.74, 6) is -0.115. The fourth-order valence-corrected chi connectivity index (χ4v) is 2.41. The maximum absolute atomic E-state index is 11.6. The molecule has 0 amide bonds. The Labute approximate surface area is 124 Å².